The van der Waals surface area contributed by atoms with Gasteiger partial charge in [0.15, 0.2) is 5.82 Å². The third kappa shape index (κ3) is 5.04. The van der Waals surface area contributed by atoms with E-state index in [4.69, 9.17) is 5.10 Å². The highest BCUT2D eigenvalue weighted by Crippen LogP contribution is 2.40. The molecule has 0 bridgehead atoms. The third-order valence-electron chi connectivity index (χ3n) is 8.97. The number of nitrogens with one attached hydrogen (secondary N) is 1. The van der Waals surface area contributed by atoms with Crippen LogP contribution in [0.25, 0.3) is 0 Å². The van der Waals surface area contributed by atoms with Gasteiger partial charge in [-0.2, -0.15) is 5.10 Å². The molecule has 4 aliphatic rings. The van der Waals surface area contributed by atoms with Gasteiger partial charge in [-0.1, -0.05) is 0 Å². The summed E-state index contributed by atoms with van der Waals surface area (Å²) >= 11 is 0. The van der Waals surface area contributed by atoms with E-state index < -0.39 is 6.43 Å². The summed E-state index contributed by atoms with van der Waals surface area (Å²) in [6, 6.07) is 1.86. The van der Waals surface area contributed by atoms with Gasteiger partial charge in [-0.15, -0.1) is 0 Å². The fraction of sp³-hybridized carbons (Fsp3) is 0.679. The van der Waals surface area contributed by atoms with Crippen molar-refractivity contribution in [3.63, 3.8) is 0 Å². The number of rotatable bonds is 5. The number of likely N-dealkylation sites (tertiary alicyclic amines) is 1. The number of anilines is 2. The number of fused-ring (bicyclic) bond motifs is 2. The molecule has 0 atom stereocenters. The molecule has 206 valence electrons. The Morgan fingerprint density at radius 3 is 2.63 bits per heavy atom. The monoisotopic (exact) mass is 527 g/mol. The maximum atomic E-state index is 13.6. The van der Waals surface area contributed by atoms with Crippen molar-refractivity contribution in [3.8, 4) is 0 Å². The number of nitrogens with zero attached hydrogens (tertiary/aromatic N) is 6. The Kier molecular flexibility index (Phi) is 7.35. The molecular formula is C28H39F2N7O. The highest BCUT2D eigenvalue weighted by molar-refractivity contribution is 5.75. The molecule has 6 heterocycles. The van der Waals surface area contributed by atoms with E-state index >= 15 is 0 Å². The number of hydrogen-bond acceptors (Lipinski definition) is 6. The second kappa shape index (κ2) is 10.9. The quantitative estimate of drug-likeness (QED) is 0.637. The molecule has 0 aliphatic carbocycles. The molecule has 0 spiro atoms. The molecule has 1 N–H and O–H groups in total. The lowest BCUT2D eigenvalue weighted by Gasteiger charge is -2.36. The van der Waals surface area contributed by atoms with E-state index in [2.05, 4.69) is 24.8 Å². The first-order valence-electron chi connectivity index (χ1n) is 14.3. The number of pyridine rings is 1. The Labute approximate surface area is 223 Å². The van der Waals surface area contributed by atoms with E-state index in [0.29, 0.717) is 19.1 Å². The molecular weight excluding hydrogens is 488 g/mol. The predicted molar refractivity (Wildman–Crippen MR) is 142 cm³/mol. The van der Waals surface area contributed by atoms with E-state index in [1.54, 1.807) is 13.1 Å². The maximum absolute atomic E-state index is 13.6. The summed E-state index contributed by atoms with van der Waals surface area (Å²) in [7, 11) is 0. The minimum Gasteiger partial charge on any atom is -0.338 e. The number of amides is 1. The molecule has 2 aromatic heterocycles. The summed E-state index contributed by atoms with van der Waals surface area (Å²) in [4.78, 5) is 22.9. The van der Waals surface area contributed by atoms with Crippen molar-refractivity contribution >= 4 is 17.4 Å². The average molecular weight is 528 g/mol. The van der Waals surface area contributed by atoms with Crippen molar-refractivity contribution in [2.24, 2.45) is 5.92 Å². The Hall–Kier alpha value is -2.59. The van der Waals surface area contributed by atoms with Crippen LogP contribution in [0.5, 0.6) is 0 Å². The van der Waals surface area contributed by atoms with Gasteiger partial charge in [0.25, 0.3) is 6.43 Å². The first kappa shape index (κ1) is 25.7. The van der Waals surface area contributed by atoms with E-state index in [9.17, 15) is 13.6 Å². The van der Waals surface area contributed by atoms with E-state index in [1.807, 2.05) is 4.90 Å². The minimum absolute atomic E-state index is 0.0591. The number of carbonyl (C=O) groups excluding carboxylic acids is 1. The van der Waals surface area contributed by atoms with Crippen molar-refractivity contribution in [2.45, 2.75) is 70.9 Å². The Bertz CT molecular complexity index is 1150. The standard InChI is InChI=1S/C28H39F2N7O/c1-19(38)35-14-8-25-23(18-35)28(36-11-2-3-21-16-32-24(27(29)30)15-26(21)36)33-37(25)22-6-12-34(13-7-22)17-20-4-9-31-10-5-20/h15-16,20,22,27,31H,2-14,17-18H2,1H3. The van der Waals surface area contributed by atoms with E-state index in [1.165, 1.54) is 31.1 Å². The maximum Gasteiger partial charge on any atom is 0.280 e. The van der Waals surface area contributed by atoms with Crippen molar-refractivity contribution in [2.75, 3.05) is 50.7 Å². The van der Waals surface area contributed by atoms with Crippen LogP contribution < -0.4 is 10.2 Å². The lowest BCUT2D eigenvalue weighted by atomic mass is 9.95. The number of aromatic nitrogens is 3. The number of alkyl halides is 2. The van der Waals surface area contributed by atoms with Gasteiger partial charge in [0, 0.05) is 69.2 Å². The first-order chi connectivity index (χ1) is 18.5. The SMILES string of the molecule is CC(=O)N1CCc2c(c(N3CCCc4cnc(C(F)F)cc43)nn2C2CCN(CC3CCNCC3)CC2)C1. The molecule has 8 nitrogen and oxygen atoms in total. The molecule has 38 heavy (non-hydrogen) atoms. The molecule has 0 aromatic carbocycles. The fourth-order valence-electron chi connectivity index (χ4n) is 6.81. The Balaban J connectivity index is 1.28. The van der Waals surface area contributed by atoms with Crippen LogP contribution in [0.3, 0.4) is 0 Å². The molecule has 2 aromatic rings. The van der Waals surface area contributed by atoms with Crippen LogP contribution in [0.4, 0.5) is 20.3 Å². The summed E-state index contributed by atoms with van der Waals surface area (Å²) in [5.74, 6) is 1.68. The van der Waals surface area contributed by atoms with Crippen molar-refractivity contribution < 1.29 is 13.6 Å². The lowest BCUT2D eigenvalue weighted by molar-refractivity contribution is -0.129. The second-order valence-electron chi connectivity index (χ2n) is 11.4. The molecule has 0 saturated carbocycles. The minimum atomic E-state index is -2.61. The van der Waals surface area contributed by atoms with Gasteiger partial charge >= 0.3 is 0 Å². The van der Waals surface area contributed by atoms with Crippen LogP contribution in [0.1, 0.15) is 74.0 Å². The first-order valence-corrected chi connectivity index (χ1v) is 14.3. The van der Waals surface area contributed by atoms with Crippen molar-refractivity contribution in [1.29, 1.82) is 0 Å². The zero-order valence-corrected chi connectivity index (χ0v) is 22.3. The van der Waals surface area contributed by atoms with E-state index in [0.717, 1.165) is 93.4 Å². The third-order valence-corrected chi connectivity index (χ3v) is 8.97. The molecule has 6 rings (SSSR count). The van der Waals surface area contributed by atoms with Gasteiger partial charge in [0.1, 0.15) is 5.69 Å². The topological polar surface area (TPSA) is 69.5 Å². The Morgan fingerprint density at radius 2 is 1.89 bits per heavy atom. The van der Waals surface area contributed by atoms with Gasteiger partial charge < -0.3 is 20.0 Å². The molecule has 2 fully saturated rings. The summed E-state index contributed by atoms with van der Waals surface area (Å²) in [6.07, 6.45) is 6.15. The van der Waals surface area contributed by atoms with Crippen molar-refractivity contribution in [1.82, 2.24) is 29.9 Å². The van der Waals surface area contributed by atoms with E-state index in [-0.39, 0.29) is 11.6 Å². The molecule has 2 saturated heterocycles. The zero-order chi connectivity index (χ0) is 26.2. The summed E-state index contributed by atoms with van der Waals surface area (Å²) < 4.78 is 29.4. The smallest absolute Gasteiger partial charge is 0.280 e. The van der Waals surface area contributed by atoms with Gasteiger partial charge in [-0.3, -0.25) is 14.5 Å². The largest absolute Gasteiger partial charge is 0.338 e. The highest BCUT2D eigenvalue weighted by atomic mass is 19.3. The van der Waals surface area contributed by atoms with Crippen LogP contribution in [-0.4, -0.2) is 76.3 Å². The second-order valence-corrected chi connectivity index (χ2v) is 11.4. The lowest BCUT2D eigenvalue weighted by Crippen LogP contribution is -2.41. The van der Waals surface area contributed by atoms with Gasteiger partial charge in [0.05, 0.1) is 12.6 Å². The predicted octanol–water partition coefficient (Wildman–Crippen LogP) is 3.84. The molecule has 0 unspecified atom stereocenters. The number of carbonyl (C=O) groups is 1. The number of piperidine rings is 2. The van der Waals surface area contributed by atoms with Crippen LogP contribution in [0.2, 0.25) is 0 Å². The van der Waals surface area contributed by atoms with Crippen LogP contribution in [0.15, 0.2) is 12.3 Å². The average Bonchev–Trinajstić information content (AvgIpc) is 3.32. The van der Waals surface area contributed by atoms with Crippen LogP contribution in [0, 0.1) is 5.92 Å². The summed E-state index contributed by atoms with van der Waals surface area (Å²) in [6.45, 7) is 9.16. The normalized spacial score (nSPS) is 21.6. The summed E-state index contributed by atoms with van der Waals surface area (Å²) in [5, 5.41) is 8.68. The number of aryl methyl sites for hydroxylation is 1. The molecule has 10 heteroatoms. The molecule has 1 amide bonds. The van der Waals surface area contributed by atoms with Gasteiger partial charge in [0.2, 0.25) is 5.91 Å². The fourth-order valence-corrected chi connectivity index (χ4v) is 6.81. The number of hydrogen-bond donors (Lipinski definition) is 1. The van der Waals surface area contributed by atoms with Gasteiger partial charge in [-0.25, -0.2) is 8.78 Å². The van der Waals surface area contributed by atoms with Gasteiger partial charge in [-0.05, 0) is 69.2 Å². The zero-order valence-electron chi connectivity index (χ0n) is 22.3. The van der Waals surface area contributed by atoms with Crippen LogP contribution in [-0.2, 0) is 24.2 Å². The van der Waals surface area contributed by atoms with Crippen molar-refractivity contribution in [3.05, 3.63) is 34.8 Å². The highest BCUT2D eigenvalue weighted by Gasteiger charge is 2.34. The summed E-state index contributed by atoms with van der Waals surface area (Å²) in [5.41, 5.74) is 3.85. The molecule has 4 aliphatic heterocycles. The van der Waals surface area contributed by atoms with Crippen LogP contribution >= 0.6 is 0 Å². The number of halogens is 2. The molecule has 0 radical (unpaired) electrons. The Morgan fingerprint density at radius 1 is 1.11 bits per heavy atom.